The molecule has 3 aromatic rings. The number of alkyl halides is 3. The average Bonchev–Trinajstić information content (AvgIpc) is 2.91. The molecule has 1 nitrogen and oxygen atoms in total. The van der Waals surface area contributed by atoms with E-state index in [9.17, 15) is 13.2 Å². The Morgan fingerprint density at radius 3 is 2.05 bits per heavy atom. The van der Waals surface area contributed by atoms with Gasteiger partial charge in [-0.3, -0.25) is 0 Å². The second-order valence-electron chi connectivity index (χ2n) is 10.4. The van der Waals surface area contributed by atoms with Gasteiger partial charge >= 0.3 is 6.18 Å². The molecule has 4 rings (SSSR count). The van der Waals surface area contributed by atoms with E-state index in [-0.39, 0.29) is 29.0 Å². The molecule has 0 atom stereocenters. The van der Waals surface area contributed by atoms with Gasteiger partial charge in [-0.25, -0.2) is 8.78 Å². The lowest BCUT2D eigenvalue weighted by Gasteiger charge is -2.28. The Balaban J connectivity index is 1.53. The Labute approximate surface area is 222 Å². The maximum atomic E-state index is 15.9. The van der Waals surface area contributed by atoms with Crippen molar-refractivity contribution in [3.63, 3.8) is 0 Å². The molecule has 0 unspecified atom stereocenters. The van der Waals surface area contributed by atoms with Crippen LogP contribution < -0.4 is 4.74 Å². The highest BCUT2D eigenvalue weighted by molar-refractivity contribution is 5.72. The van der Waals surface area contributed by atoms with Gasteiger partial charge in [0, 0.05) is 11.1 Å². The van der Waals surface area contributed by atoms with Crippen LogP contribution in [0.4, 0.5) is 22.0 Å². The average molecular weight is 531 g/mol. The minimum Gasteiger partial charge on any atom is -0.454 e. The number of hydrogen-bond acceptors (Lipinski definition) is 1. The number of unbranched alkanes of at least 4 members (excludes halogenated alkanes) is 2. The Morgan fingerprint density at radius 1 is 0.816 bits per heavy atom. The minimum absolute atomic E-state index is 0.0309. The summed E-state index contributed by atoms with van der Waals surface area (Å²) in [5.74, 6) is -0.351. The zero-order valence-electron chi connectivity index (χ0n) is 21.8. The summed E-state index contributed by atoms with van der Waals surface area (Å²) in [6.45, 7) is 2.21. The van der Waals surface area contributed by atoms with Gasteiger partial charge in [0.1, 0.15) is 11.6 Å². The zero-order chi connectivity index (χ0) is 27.1. The molecule has 0 amide bonds. The zero-order valence-corrected chi connectivity index (χ0v) is 21.8. The Morgan fingerprint density at radius 2 is 1.45 bits per heavy atom. The molecule has 38 heavy (non-hydrogen) atoms. The smallest absolute Gasteiger partial charge is 0.416 e. The lowest BCUT2D eigenvalue weighted by atomic mass is 9.77. The summed E-state index contributed by atoms with van der Waals surface area (Å²) in [6.07, 6.45) is 6.01. The lowest BCUT2D eigenvalue weighted by Crippen LogP contribution is -2.15. The van der Waals surface area contributed by atoms with Crippen LogP contribution in [-0.2, 0) is 12.6 Å². The maximum Gasteiger partial charge on any atom is 0.416 e. The van der Waals surface area contributed by atoms with Gasteiger partial charge < -0.3 is 4.74 Å². The van der Waals surface area contributed by atoms with Crippen LogP contribution in [-0.4, -0.2) is 0 Å². The van der Waals surface area contributed by atoms with Gasteiger partial charge in [0.25, 0.3) is 0 Å². The normalized spacial score (nSPS) is 17.9. The predicted octanol–water partition coefficient (Wildman–Crippen LogP) is 10.8. The van der Waals surface area contributed by atoms with Crippen molar-refractivity contribution in [2.75, 3.05) is 0 Å². The molecule has 1 aliphatic carbocycles. The summed E-state index contributed by atoms with van der Waals surface area (Å²) >= 11 is 0. The van der Waals surface area contributed by atoms with E-state index in [1.165, 1.54) is 44.6 Å². The first-order valence-corrected chi connectivity index (χ1v) is 13.7. The van der Waals surface area contributed by atoms with E-state index in [1.54, 1.807) is 30.3 Å². The van der Waals surface area contributed by atoms with Crippen molar-refractivity contribution < 1.29 is 26.7 Å². The number of ether oxygens (including phenoxy) is 1. The van der Waals surface area contributed by atoms with Gasteiger partial charge in [0.2, 0.25) is 0 Å². The van der Waals surface area contributed by atoms with Gasteiger partial charge in [-0.1, -0.05) is 88.6 Å². The Bertz CT molecular complexity index is 1160. The summed E-state index contributed by atoms with van der Waals surface area (Å²) in [6, 6.07) is 14.1. The largest absolute Gasteiger partial charge is 0.454 e. The van der Waals surface area contributed by atoms with Crippen LogP contribution in [0.25, 0.3) is 11.1 Å². The molecule has 0 aliphatic heterocycles. The van der Waals surface area contributed by atoms with Crippen molar-refractivity contribution in [1.82, 2.24) is 0 Å². The summed E-state index contributed by atoms with van der Waals surface area (Å²) in [5, 5.41) is 0. The molecular weight excluding hydrogens is 495 g/mol. The van der Waals surface area contributed by atoms with Crippen LogP contribution in [0, 0.1) is 23.5 Å². The molecule has 1 aliphatic rings. The molecule has 1 saturated carbocycles. The van der Waals surface area contributed by atoms with E-state index < -0.39 is 23.4 Å². The second kappa shape index (κ2) is 12.8. The topological polar surface area (TPSA) is 9.23 Å². The second-order valence-corrected chi connectivity index (χ2v) is 10.4. The maximum absolute atomic E-state index is 15.9. The number of halogens is 5. The van der Waals surface area contributed by atoms with E-state index in [0.717, 1.165) is 43.0 Å². The molecule has 0 spiro atoms. The molecule has 0 aromatic heterocycles. The van der Waals surface area contributed by atoms with Crippen LogP contribution in [0.15, 0.2) is 60.7 Å². The standard InChI is InChI=1S/C32H35F5O/c1-2-3-5-8-22-11-13-23(14-12-22)15-20-27-29(33)21-28(24-9-6-4-7-10-24)31(30(27)34)38-26-18-16-25(17-19-26)32(35,36)37/h4,6-7,9-10,16-19,21-23H,2-3,5,8,11-15,20H2,1H3. The fourth-order valence-corrected chi connectivity index (χ4v) is 5.47. The van der Waals surface area contributed by atoms with Gasteiger partial charge in [-0.2, -0.15) is 13.2 Å². The highest BCUT2D eigenvalue weighted by Crippen LogP contribution is 2.41. The van der Waals surface area contributed by atoms with Gasteiger partial charge in [-0.15, -0.1) is 0 Å². The van der Waals surface area contributed by atoms with Gasteiger partial charge in [-0.05, 0) is 60.6 Å². The van der Waals surface area contributed by atoms with Crippen LogP contribution in [0.1, 0.15) is 75.8 Å². The van der Waals surface area contributed by atoms with Crippen molar-refractivity contribution >= 4 is 0 Å². The van der Waals surface area contributed by atoms with Gasteiger partial charge in [0.05, 0.1) is 5.56 Å². The highest BCUT2D eigenvalue weighted by Gasteiger charge is 2.30. The fourth-order valence-electron chi connectivity index (χ4n) is 5.47. The predicted molar refractivity (Wildman–Crippen MR) is 141 cm³/mol. The van der Waals surface area contributed by atoms with E-state index in [0.29, 0.717) is 17.9 Å². The van der Waals surface area contributed by atoms with Crippen molar-refractivity contribution in [2.24, 2.45) is 11.8 Å². The Hall–Kier alpha value is -2.89. The van der Waals surface area contributed by atoms with E-state index in [4.69, 9.17) is 4.74 Å². The van der Waals surface area contributed by atoms with Crippen molar-refractivity contribution in [1.29, 1.82) is 0 Å². The molecule has 0 radical (unpaired) electrons. The summed E-state index contributed by atoms with van der Waals surface area (Å²) in [4.78, 5) is 0. The lowest BCUT2D eigenvalue weighted by molar-refractivity contribution is -0.137. The van der Waals surface area contributed by atoms with Crippen LogP contribution in [0.3, 0.4) is 0 Å². The third kappa shape index (κ3) is 7.15. The molecule has 0 N–H and O–H groups in total. The van der Waals surface area contributed by atoms with Crippen molar-refractivity contribution in [3.05, 3.63) is 83.4 Å². The SMILES string of the molecule is CCCCCC1CCC(CCc2c(F)cc(-c3ccccc3)c(Oc3ccc(C(F)(F)F)cc3)c2F)CC1. The number of benzene rings is 3. The van der Waals surface area contributed by atoms with E-state index in [2.05, 4.69) is 6.92 Å². The first-order chi connectivity index (χ1) is 18.3. The molecule has 0 heterocycles. The monoisotopic (exact) mass is 530 g/mol. The molecule has 0 bridgehead atoms. The van der Waals surface area contributed by atoms with E-state index >= 15 is 8.78 Å². The first-order valence-electron chi connectivity index (χ1n) is 13.7. The summed E-state index contributed by atoms with van der Waals surface area (Å²) < 4.78 is 75.9. The van der Waals surface area contributed by atoms with Crippen molar-refractivity contribution in [2.45, 2.75) is 77.3 Å². The molecule has 6 heteroatoms. The highest BCUT2D eigenvalue weighted by atomic mass is 19.4. The molecule has 1 fully saturated rings. The molecule has 3 aromatic carbocycles. The number of rotatable bonds is 10. The third-order valence-electron chi connectivity index (χ3n) is 7.74. The van der Waals surface area contributed by atoms with Crippen LogP contribution >= 0.6 is 0 Å². The van der Waals surface area contributed by atoms with Crippen molar-refractivity contribution in [3.8, 4) is 22.6 Å². The quantitative estimate of drug-likeness (QED) is 0.187. The van der Waals surface area contributed by atoms with Crippen LogP contribution in [0.2, 0.25) is 0 Å². The van der Waals surface area contributed by atoms with E-state index in [1.807, 2.05) is 0 Å². The fraction of sp³-hybridized carbons (Fsp3) is 0.438. The molecular formula is C32H35F5O. The van der Waals surface area contributed by atoms with Crippen LogP contribution in [0.5, 0.6) is 11.5 Å². The minimum atomic E-state index is -4.49. The number of hydrogen-bond donors (Lipinski definition) is 0. The molecule has 204 valence electrons. The summed E-state index contributed by atoms with van der Waals surface area (Å²) in [5.41, 5.74) is -0.0814. The third-order valence-corrected chi connectivity index (χ3v) is 7.74. The summed E-state index contributed by atoms with van der Waals surface area (Å²) in [7, 11) is 0. The first kappa shape index (κ1) is 28.1. The van der Waals surface area contributed by atoms with Gasteiger partial charge in [0.15, 0.2) is 11.6 Å². The Kier molecular flexibility index (Phi) is 9.45. The molecule has 0 saturated heterocycles.